The van der Waals surface area contributed by atoms with Gasteiger partial charge in [-0.1, -0.05) is 91.1 Å². The normalized spacial score (nSPS) is 11.2. The maximum atomic E-state index is 13.3. The van der Waals surface area contributed by atoms with Crippen LogP contribution in [0.15, 0.2) is 102 Å². The molecule has 0 aliphatic carbocycles. The molecule has 3 aromatic heterocycles. The van der Waals surface area contributed by atoms with Crippen LogP contribution in [0.3, 0.4) is 0 Å². The van der Waals surface area contributed by atoms with Gasteiger partial charge in [-0.25, -0.2) is 0 Å². The molecule has 0 saturated heterocycles. The Morgan fingerprint density at radius 3 is 2.51 bits per heavy atom. The van der Waals surface area contributed by atoms with Crippen LogP contribution in [0, 0.1) is 0 Å². The van der Waals surface area contributed by atoms with Gasteiger partial charge >= 0.3 is 0 Å². The molecule has 3 heterocycles. The van der Waals surface area contributed by atoms with E-state index < -0.39 is 0 Å². The summed E-state index contributed by atoms with van der Waals surface area (Å²) in [5, 5.41) is 14.9. The smallest absolute Gasteiger partial charge is 0.246 e. The molecule has 6 rings (SSSR count). The number of hydrogen-bond donors (Lipinski definition) is 1. The molecule has 1 N–H and O–H groups in total. The van der Waals surface area contributed by atoms with Crippen molar-refractivity contribution in [2.24, 2.45) is 0 Å². The molecular weight excluding hydrogens is 480 g/mol. The highest BCUT2D eigenvalue weighted by atomic mass is 32.1. The first-order valence-electron chi connectivity index (χ1n) is 12.1. The summed E-state index contributed by atoms with van der Waals surface area (Å²) in [5.41, 5.74) is 4.87. The van der Waals surface area contributed by atoms with Crippen molar-refractivity contribution in [1.82, 2.24) is 14.8 Å². The molecule has 6 aromatic rings. The summed E-state index contributed by atoms with van der Waals surface area (Å²) in [5.74, 6) is 0.519. The predicted molar refractivity (Wildman–Crippen MR) is 148 cm³/mol. The summed E-state index contributed by atoms with van der Waals surface area (Å²) in [6.45, 7) is 2.11. The lowest BCUT2D eigenvalue weighted by Crippen LogP contribution is -2.19. The maximum Gasteiger partial charge on any atom is 0.246 e. The number of carbonyl (C=O) groups excluding carboxylic acids is 1. The summed E-state index contributed by atoms with van der Waals surface area (Å²) in [7, 11) is 0. The first-order valence-corrected chi connectivity index (χ1v) is 13.0. The number of benzene rings is 3. The molecule has 0 unspecified atom stereocenters. The Morgan fingerprint density at radius 2 is 1.73 bits per heavy atom. The average molecular weight is 505 g/mol. The number of furan rings is 1. The van der Waals surface area contributed by atoms with E-state index in [1.807, 2.05) is 54.0 Å². The quantitative estimate of drug-likeness (QED) is 0.248. The van der Waals surface area contributed by atoms with Gasteiger partial charge in [0.05, 0.1) is 12.0 Å². The highest BCUT2D eigenvalue weighted by molar-refractivity contribution is 7.15. The molecule has 7 heteroatoms. The van der Waals surface area contributed by atoms with Crippen LogP contribution in [-0.2, 0) is 17.8 Å². The van der Waals surface area contributed by atoms with Crippen molar-refractivity contribution in [1.29, 1.82) is 0 Å². The van der Waals surface area contributed by atoms with E-state index in [-0.39, 0.29) is 12.5 Å². The van der Waals surface area contributed by atoms with E-state index in [1.54, 1.807) is 6.26 Å². The number of nitrogens with one attached hydrogen (secondary N) is 1. The van der Waals surface area contributed by atoms with Gasteiger partial charge in [0.2, 0.25) is 11.0 Å². The van der Waals surface area contributed by atoms with Crippen LogP contribution in [0.1, 0.15) is 11.9 Å². The second kappa shape index (κ2) is 9.87. The average Bonchev–Trinajstić information content (AvgIpc) is 3.69. The number of aryl methyl sites for hydroxylation is 1. The van der Waals surface area contributed by atoms with Crippen molar-refractivity contribution >= 4 is 33.1 Å². The second-order valence-corrected chi connectivity index (χ2v) is 9.71. The molecular formula is C30H24N4O2S. The van der Waals surface area contributed by atoms with E-state index in [4.69, 9.17) is 4.42 Å². The molecule has 6 nitrogen and oxygen atoms in total. The summed E-state index contributed by atoms with van der Waals surface area (Å²) in [4.78, 5) is 13.3. The Bertz CT molecular complexity index is 1680. The van der Waals surface area contributed by atoms with Gasteiger partial charge < -0.3 is 8.98 Å². The van der Waals surface area contributed by atoms with Gasteiger partial charge in [-0.3, -0.25) is 10.1 Å². The number of fused-ring (bicyclic) bond motifs is 1. The molecule has 0 aliphatic rings. The molecule has 182 valence electrons. The van der Waals surface area contributed by atoms with Gasteiger partial charge in [0.15, 0.2) is 5.76 Å². The third kappa shape index (κ3) is 4.45. The fourth-order valence-corrected chi connectivity index (χ4v) is 5.35. The van der Waals surface area contributed by atoms with Gasteiger partial charge in [0, 0.05) is 11.3 Å². The van der Waals surface area contributed by atoms with Crippen LogP contribution in [0.5, 0.6) is 0 Å². The van der Waals surface area contributed by atoms with Gasteiger partial charge in [-0.15, -0.1) is 10.2 Å². The van der Waals surface area contributed by atoms with E-state index >= 15 is 0 Å². The van der Waals surface area contributed by atoms with Crippen molar-refractivity contribution in [3.63, 3.8) is 0 Å². The summed E-state index contributed by atoms with van der Waals surface area (Å²) in [6.07, 6.45) is 2.44. The first-order chi connectivity index (χ1) is 18.2. The first kappa shape index (κ1) is 22.9. The molecule has 0 atom stereocenters. The topological polar surface area (TPSA) is 73.0 Å². The Morgan fingerprint density at radius 1 is 0.919 bits per heavy atom. The van der Waals surface area contributed by atoms with Crippen molar-refractivity contribution in [3.05, 3.63) is 102 Å². The molecule has 0 bridgehead atoms. The Kier molecular flexibility index (Phi) is 6.12. The van der Waals surface area contributed by atoms with Crippen molar-refractivity contribution < 1.29 is 9.21 Å². The Hall–Kier alpha value is -4.49. The van der Waals surface area contributed by atoms with Crippen LogP contribution in [-0.4, -0.2) is 20.7 Å². The second-order valence-electron chi connectivity index (χ2n) is 8.65. The number of anilines is 1. The predicted octanol–water partition coefficient (Wildman–Crippen LogP) is 7.29. The zero-order valence-electron chi connectivity index (χ0n) is 20.2. The number of nitrogens with zero attached hydrogens (tertiary/aromatic N) is 3. The zero-order chi connectivity index (χ0) is 25.2. The lowest BCUT2D eigenvalue weighted by molar-refractivity contribution is -0.116. The third-order valence-corrected chi connectivity index (χ3v) is 7.30. The maximum absolute atomic E-state index is 13.3. The van der Waals surface area contributed by atoms with Crippen LogP contribution in [0.4, 0.5) is 5.13 Å². The Balaban J connectivity index is 1.54. The van der Waals surface area contributed by atoms with E-state index in [1.165, 1.54) is 11.3 Å². The van der Waals surface area contributed by atoms with Gasteiger partial charge in [0.1, 0.15) is 11.6 Å². The van der Waals surface area contributed by atoms with Crippen molar-refractivity contribution in [2.45, 2.75) is 19.9 Å². The van der Waals surface area contributed by atoms with Gasteiger partial charge in [0.25, 0.3) is 0 Å². The zero-order valence-corrected chi connectivity index (χ0v) is 21.0. The number of aromatic nitrogens is 3. The molecule has 37 heavy (non-hydrogen) atoms. The fraction of sp³-hybridized carbons (Fsp3) is 0.100. The summed E-state index contributed by atoms with van der Waals surface area (Å²) >= 11 is 1.40. The Labute approximate surface area is 218 Å². The molecule has 0 radical (unpaired) electrons. The number of amides is 1. The van der Waals surface area contributed by atoms with Crippen LogP contribution < -0.4 is 5.32 Å². The minimum Gasteiger partial charge on any atom is -0.463 e. The lowest BCUT2D eigenvalue weighted by atomic mass is 9.97. The van der Waals surface area contributed by atoms with Gasteiger partial charge in [-0.05, 0) is 46.5 Å². The fourth-order valence-electron chi connectivity index (χ4n) is 4.66. The van der Waals surface area contributed by atoms with E-state index in [0.717, 1.165) is 50.3 Å². The highest BCUT2D eigenvalue weighted by Crippen LogP contribution is 2.41. The molecule has 3 aromatic carbocycles. The van der Waals surface area contributed by atoms with E-state index in [9.17, 15) is 4.79 Å². The molecule has 0 saturated carbocycles. The van der Waals surface area contributed by atoms with Crippen LogP contribution >= 0.6 is 11.3 Å². The van der Waals surface area contributed by atoms with Crippen LogP contribution in [0.25, 0.3) is 44.6 Å². The van der Waals surface area contributed by atoms with E-state index in [0.29, 0.717) is 10.9 Å². The largest absolute Gasteiger partial charge is 0.463 e. The minimum atomic E-state index is -0.177. The standard InChI is InChI=1S/C30H24N4O2S/c1-2-28-32-33-30(37-28)31-27(35)19-34-25(21-11-4-3-5-12-21)18-24(29(34)26-16-9-17-36-26)23-15-8-13-20-10-6-7-14-22(20)23/h3-18H,2,19H2,1H3,(H,31,33,35). The number of carbonyl (C=O) groups is 1. The molecule has 0 fully saturated rings. The molecule has 0 aliphatic heterocycles. The molecule has 1 amide bonds. The van der Waals surface area contributed by atoms with Gasteiger partial charge in [-0.2, -0.15) is 0 Å². The number of rotatable bonds is 7. The van der Waals surface area contributed by atoms with E-state index in [2.05, 4.69) is 64.0 Å². The minimum absolute atomic E-state index is 0.0894. The summed E-state index contributed by atoms with van der Waals surface area (Å²) in [6, 6.07) is 30.7. The molecule has 0 spiro atoms. The monoisotopic (exact) mass is 504 g/mol. The summed E-state index contributed by atoms with van der Waals surface area (Å²) < 4.78 is 7.96. The third-order valence-electron chi connectivity index (χ3n) is 6.32. The van der Waals surface area contributed by atoms with Crippen LogP contribution in [0.2, 0.25) is 0 Å². The highest BCUT2D eigenvalue weighted by Gasteiger charge is 2.24. The van der Waals surface area contributed by atoms with Crippen molar-refractivity contribution in [3.8, 4) is 33.8 Å². The van der Waals surface area contributed by atoms with Crippen molar-refractivity contribution in [2.75, 3.05) is 5.32 Å². The lowest BCUT2D eigenvalue weighted by Gasteiger charge is -2.14. The number of hydrogen-bond acceptors (Lipinski definition) is 5. The SMILES string of the molecule is CCc1nnc(NC(=O)Cn2c(-c3ccccc3)cc(-c3cccc4ccccc34)c2-c2ccco2)s1.